The maximum atomic E-state index is 13.2. The van der Waals surface area contributed by atoms with Crippen molar-refractivity contribution >= 4 is 16.0 Å². The van der Waals surface area contributed by atoms with Gasteiger partial charge in [-0.15, -0.1) is 0 Å². The highest BCUT2D eigenvalue weighted by atomic mass is 32.2. The molecule has 0 saturated heterocycles. The summed E-state index contributed by atoms with van der Waals surface area (Å²) in [5.41, 5.74) is 0.839. The van der Waals surface area contributed by atoms with E-state index in [1.165, 1.54) is 35.7 Å². The van der Waals surface area contributed by atoms with Gasteiger partial charge in [0.15, 0.2) is 0 Å². The Bertz CT molecular complexity index is 872. The smallest absolute Gasteiger partial charge is 0.337 e. The van der Waals surface area contributed by atoms with E-state index in [0.717, 1.165) is 5.69 Å². The fourth-order valence-corrected chi connectivity index (χ4v) is 4.45. The van der Waals surface area contributed by atoms with E-state index in [1.54, 1.807) is 13.2 Å². The van der Waals surface area contributed by atoms with E-state index in [1.807, 2.05) is 39.0 Å². The SMILES string of the molecule is COC(=O)c1ccc(S(=O)(=O)N(C)[C@@H](Cc2ccccn2)C(C)(C)C)cc1. The summed E-state index contributed by atoms with van der Waals surface area (Å²) in [6.45, 7) is 6.02. The van der Waals surface area contributed by atoms with Crippen LogP contribution in [0.5, 0.6) is 0 Å². The van der Waals surface area contributed by atoms with E-state index >= 15 is 0 Å². The normalized spacial score (nSPS) is 13.4. The largest absolute Gasteiger partial charge is 0.465 e. The van der Waals surface area contributed by atoms with Gasteiger partial charge < -0.3 is 4.74 Å². The number of benzene rings is 1. The molecule has 0 bridgehead atoms. The maximum absolute atomic E-state index is 13.2. The first-order valence-electron chi connectivity index (χ1n) is 8.63. The van der Waals surface area contributed by atoms with Crippen molar-refractivity contribution < 1.29 is 17.9 Å². The lowest BCUT2D eigenvalue weighted by Crippen LogP contribution is -2.46. The number of hydrogen-bond donors (Lipinski definition) is 0. The molecule has 1 aromatic carbocycles. The first-order chi connectivity index (χ1) is 12.6. The summed E-state index contributed by atoms with van der Waals surface area (Å²) in [4.78, 5) is 16.0. The summed E-state index contributed by atoms with van der Waals surface area (Å²) in [5.74, 6) is -0.505. The molecule has 6 nitrogen and oxygen atoms in total. The molecule has 7 heteroatoms. The molecule has 2 rings (SSSR count). The third-order valence-corrected chi connectivity index (χ3v) is 6.40. The van der Waals surface area contributed by atoms with Crippen LogP contribution in [-0.2, 0) is 21.2 Å². The molecule has 27 heavy (non-hydrogen) atoms. The molecule has 1 heterocycles. The Labute approximate surface area is 161 Å². The van der Waals surface area contributed by atoms with Crippen molar-refractivity contribution in [2.45, 2.75) is 38.1 Å². The van der Waals surface area contributed by atoms with Gasteiger partial charge in [-0.05, 0) is 41.8 Å². The molecule has 0 fully saturated rings. The Morgan fingerprint density at radius 2 is 1.78 bits per heavy atom. The Morgan fingerprint density at radius 3 is 2.26 bits per heavy atom. The topological polar surface area (TPSA) is 76.6 Å². The Hall–Kier alpha value is -2.25. The van der Waals surface area contributed by atoms with Crippen LogP contribution in [0.2, 0.25) is 0 Å². The molecule has 1 aromatic heterocycles. The predicted molar refractivity (Wildman–Crippen MR) is 104 cm³/mol. The van der Waals surface area contributed by atoms with E-state index in [0.29, 0.717) is 12.0 Å². The average Bonchev–Trinajstić information content (AvgIpc) is 2.65. The number of rotatable bonds is 6. The van der Waals surface area contributed by atoms with Gasteiger partial charge in [-0.1, -0.05) is 26.8 Å². The lowest BCUT2D eigenvalue weighted by atomic mass is 9.84. The number of pyridine rings is 1. The molecule has 1 atom stereocenters. The van der Waals surface area contributed by atoms with Crippen LogP contribution < -0.4 is 0 Å². The van der Waals surface area contributed by atoms with Gasteiger partial charge in [-0.2, -0.15) is 4.31 Å². The van der Waals surface area contributed by atoms with Gasteiger partial charge in [0.1, 0.15) is 0 Å². The van der Waals surface area contributed by atoms with Crippen molar-refractivity contribution in [2.24, 2.45) is 5.41 Å². The fraction of sp³-hybridized carbons (Fsp3) is 0.400. The van der Waals surface area contributed by atoms with Crippen LogP contribution >= 0.6 is 0 Å². The summed E-state index contributed by atoms with van der Waals surface area (Å²) in [6.07, 6.45) is 2.20. The molecule has 0 spiro atoms. The Balaban J connectivity index is 2.35. The van der Waals surface area contributed by atoms with Crippen LogP contribution in [0.3, 0.4) is 0 Å². The summed E-state index contributed by atoms with van der Waals surface area (Å²) >= 11 is 0. The zero-order valence-corrected chi connectivity index (χ0v) is 17.2. The van der Waals surface area contributed by atoms with Gasteiger partial charge in [-0.3, -0.25) is 4.98 Å². The molecule has 0 saturated carbocycles. The van der Waals surface area contributed by atoms with Crippen LogP contribution in [-0.4, -0.2) is 43.9 Å². The van der Waals surface area contributed by atoms with Crippen LogP contribution in [0.25, 0.3) is 0 Å². The van der Waals surface area contributed by atoms with Crippen LogP contribution in [0.4, 0.5) is 0 Å². The average molecular weight is 391 g/mol. The standard InChI is InChI=1S/C20H26N2O4S/c1-20(2,3)18(14-16-8-6-7-13-21-16)22(4)27(24,25)17-11-9-15(10-12-17)19(23)26-5/h6-13,18H,14H2,1-5H3/t18-/m0/s1. The minimum absolute atomic E-state index is 0.132. The zero-order chi connectivity index (χ0) is 20.2. The van der Waals surface area contributed by atoms with E-state index in [4.69, 9.17) is 0 Å². The number of nitrogens with zero attached hydrogens (tertiary/aromatic N) is 2. The van der Waals surface area contributed by atoms with Crippen LogP contribution in [0, 0.1) is 5.41 Å². The lowest BCUT2D eigenvalue weighted by molar-refractivity contribution is 0.0600. The van der Waals surface area contributed by atoms with Gasteiger partial charge in [-0.25, -0.2) is 13.2 Å². The highest BCUT2D eigenvalue weighted by Gasteiger charge is 2.36. The van der Waals surface area contributed by atoms with Gasteiger partial charge in [0, 0.05) is 31.4 Å². The number of sulfonamides is 1. The molecule has 0 N–H and O–H groups in total. The second kappa shape index (κ2) is 8.19. The highest BCUT2D eigenvalue weighted by molar-refractivity contribution is 7.89. The monoisotopic (exact) mass is 390 g/mol. The van der Waals surface area contributed by atoms with Crippen LogP contribution in [0.15, 0.2) is 53.6 Å². The summed E-state index contributed by atoms with van der Waals surface area (Å²) in [5, 5.41) is 0. The van der Waals surface area contributed by atoms with E-state index in [-0.39, 0.29) is 16.4 Å². The summed E-state index contributed by atoms with van der Waals surface area (Å²) < 4.78 is 32.4. The third-order valence-electron chi connectivity index (χ3n) is 4.52. The molecular formula is C20H26N2O4S. The first kappa shape index (κ1) is 21.1. The molecule has 0 aliphatic carbocycles. The molecule has 0 amide bonds. The van der Waals surface area contributed by atoms with Crippen molar-refractivity contribution in [2.75, 3.05) is 14.2 Å². The first-order valence-corrected chi connectivity index (χ1v) is 10.1. The Morgan fingerprint density at radius 1 is 1.15 bits per heavy atom. The van der Waals surface area contributed by atoms with Crippen molar-refractivity contribution in [3.63, 3.8) is 0 Å². The number of esters is 1. The van der Waals surface area contributed by atoms with Gasteiger partial charge in [0.25, 0.3) is 0 Å². The fourth-order valence-electron chi connectivity index (χ4n) is 2.91. The molecule has 2 aromatic rings. The van der Waals surface area contributed by atoms with Gasteiger partial charge in [0.2, 0.25) is 10.0 Å². The number of aromatic nitrogens is 1. The van der Waals surface area contributed by atoms with Gasteiger partial charge in [0.05, 0.1) is 17.6 Å². The minimum Gasteiger partial charge on any atom is -0.465 e. The Kier molecular flexibility index (Phi) is 6.38. The highest BCUT2D eigenvalue weighted by Crippen LogP contribution is 2.30. The number of likely N-dealkylation sites (N-methyl/N-ethyl adjacent to an activating group) is 1. The summed E-state index contributed by atoms with van der Waals surface area (Å²) in [6, 6.07) is 11.1. The molecule has 0 aliphatic rings. The van der Waals surface area contributed by atoms with Crippen LogP contribution in [0.1, 0.15) is 36.8 Å². The van der Waals surface area contributed by atoms with E-state index in [2.05, 4.69) is 9.72 Å². The molecule has 0 unspecified atom stereocenters. The predicted octanol–water partition coefficient (Wildman–Crippen LogP) is 3.15. The molecular weight excluding hydrogens is 364 g/mol. The molecule has 146 valence electrons. The van der Waals surface area contributed by atoms with E-state index in [9.17, 15) is 13.2 Å². The maximum Gasteiger partial charge on any atom is 0.337 e. The molecule has 0 aliphatic heterocycles. The molecule has 0 radical (unpaired) electrons. The number of carbonyl (C=O) groups excluding carboxylic acids is 1. The van der Waals surface area contributed by atoms with E-state index < -0.39 is 16.0 Å². The second-order valence-electron chi connectivity index (χ2n) is 7.44. The third kappa shape index (κ3) is 4.93. The number of hydrogen-bond acceptors (Lipinski definition) is 5. The number of ether oxygens (including phenoxy) is 1. The van der Waals surface area contributed by atoms with Crippen molar-refractivity contribution in [3.8, 4) is 0 Å². The van der Waals surface area contributed by atoms with Crippen molar-refractivity contribution in [1.29, 1.82) is 0 Å². The van der Waals surface area contributed by atoms with Crippen molar-refractivity contribution in [1.82, 2.24) is 9.29 Å². The summed E-state index contributed by atoms with van der Waals surface area (Å²) in [7, 11) is -0.867. The second-order valence-corrected chi connectivity index (χ2v) is 9.44. The van der Waals surface area contributed by atoms with Gasteiger partial charge >= 0.3 is 5.97 Å². The quantitative estimate of drug-likeness (QED) is 0.708. The van der Waals surface area contributed by atoms with Crippen molar-refractivity contribution in [3.05, 3.63) is 59.9 Å². The number of carbonyl (C=O) groups is 1. The number of methoxy groups -OCH3 is 1. The zero-order valence-electron chi connectivity index (χ0n) is 16.3. The minimum atomic E-state index is -3.74. The lowest BCUT2D eigenvalue weighted by Gasteiger charge is -2.37.